The predicted octanol–water partition coefficient (Wildman–Crippen LogP) is 6.52. The molecule has 0 radical (unpaired) electrons. The summed E-state index contributed by atoms with van der Waals surface area (Å²) >= 11 is 0. The van der Waals surface area contributed by atoms with Gasteiger partial charge in [-0.15, -0.1) is 0 Å². The first-order valence-electron chi connectivity index (χ1n) is 9.76. The van der Waals surface area contributed by atoms with E-state index >= 15 is 0 Å². The molecule has 26 heavy (non-hydrogen) atoms. The van der Waals surface area contributed by atoms with E-state index < -0.39 is 0 Å². The molecule has 1 aliphatic rings. The Morgan fingerprint density at radius 2 is 1.77 bits per heavy atom. The third kappa shape index (κ3) is 3.77. The Labute approximate surface area is 158 Å². The maximum Gasteiger partial charge on any atom is 0.00277 e. The van der Waals surface area contributed by atoms with Crippen molar-refractivity contribution in [3.05, 3.63) is 82.1 Å². The smallest absolute Gasteiger partial charge is 0.00277 e. The molecule has 0 saturated heterocycles. The van der Waals surface area contributed by atoms with Crippen molar-refractivity contribution in [2.45, 2.75) is 52.4 Å². The molecule has 1 fully saturated rings. The molecule has 3 rings (SSSR count). The lowest BCUT2D eigenvalue weighted by Crippen LogP contribution is -2.00. The van der Waals surface area contributed by atoms with Crippen LogP contribution < -0.4 is 5.32 Å². The van der Waals surface area contributed by atoms with Gasteiger partial charge in [0.2, 0.25) is 0 Å². The van der Waals surface area contributed by atoms with Crippen LogP contribution in [0.3, 0.4) is 0 Å². The number of aryl methyl sites for hydroxylation is 2. The molecule has 0 aliphatic heterocycles. The van der Waals surface area contributed by atoms with Crippen molar-refractivity contribution >= 4 is 11.6 Å². The van der Waals surface area contributed by atoms with Gasteiger partial charge in [-0.2, -0.15) is 0 Å². The fourth-order valence-corrected chi connectivity index (χ4v) is 4.18. The Morgan fingerprint density at radius 3 is 2.46 bits per heavy atom. The highest BCUT2D eigenvalue weighted by atomic mass is 14.8. The monoisotopic (exact) mass is 345 g/mol. The first-order valence-corrected chi connectivity index (χ1v) is 9.76. The van der Waals surface area contributed by atoms with E-state index in [1.165, 1.54) is 64.6 Å². The summed E-state index contributed by atoms with van der Waals surface area (Å²) in [4.78, 5) is 0. The lowest BCUT2D eigenvalue weighted by molar-refractivity contribution is 0.723. The third-order valence-corrected chi connectivity index (χ3v) is 5.79. The van der Waals surface area contributed by atoms with Gasteiger partial charge >= 0.3 is 0 Å². The van der Waals surface area contributed by atoms with Gasteiger partial charge in [0.1, 0.15) is 0 Å². The van der Waals surface area contributed by atoms with E-state index in [-0.39, 0.29) is 0 Å². The molecular formula is C25H31N. The van der Waals surface area contributed by atoms with Gasteiger partial charge in [-0.05, 0) is 90.8 Å². The van der Waals surface area contributed by atoms with Gasteiger partial charge in [0.25, 0.3) is 0 Å². The topological polar surface area (TPSA) is 12.0 Å². The van der Waals surface area contributed by atoms with E-state index in [2.05, 4.69) is 69.1 Å². The lowest BCUT2D eigenvalue weighted by Gasteiger charge is -2.18. The van der Waals surface area contributed by atoms with E-state index in [9.17, 15) is 0 Å². The molecule has 0 spiro atoms. The second-order valence-corrected chi connectivity index (χ2v) is 7.68. The maximum atomic E-state index is 4.48. The zero-order valence-corrected chi connectivity index (χ0v) is 16.7. The van der Waals surface area contributed by atoms with E-state index in [4.69, 9.17) is 0 Å². The molecule has 2 aromatic rings. The Morgan fingerprint density at radius 1 is 1.04 bits per heavy atom. The first-order chi connectivity index (χ1) is 12.5. The number of benzene rings is 2. The van der Waals surface area contributed by atoms with E-state index in [0.717, 1.165) is 11.5 Å². The van der Waals surface area contributed by atoms with Crippen LogP contribution >= 0.6 is 0 Å². The molecule has 1 aliphatic carbocycles. The zero-order valence-electron chi connectivity index (χ0n) is 16.7. The number of hydrogen-bond donors (Lipinski definition) is 1. The third-order valence-electron chi connectivity index (χ3n) is 5.79. The second-order valence-electron chi connectivity index (χ2n) is 7.68. The normalized spacial score (nSPS) is 14.9. The van der Waals surface area contributed by atoms with Gasteiger partial charge in [0, 0.05) is 7.05 Å². The van der Waals surface area contributed by atoms with E-state index in [1.807, 2.05) is 13.2 Å². The lowest BCUT2D eigenvalue weighted by atomic mass is 9.87. The Balaban J connectivity index is 2.05. The number of hydrogen-bond acceptors (Lipinski definition) is 1. The second kappa shape index (κ2) is 7.95. The van der Waals surface area contributed by atoms with Crippen LogP contribution in [-0.4, -0.2) is 7.05 Å². The van der Waals surface area contributed by atoms with Crippen LogP contribution in [-0.2, 0) is 0 Å². The van der Waals surface area contributed by atoms with Crippen molar-refractivity contribution < 1.29 is 0 Å². The average molecular weight is 346 g/mol. The highest BCUT2D eigenvalue weighted by molar-refractivity contribution is 5.85. The molecule has 0 aromatic heterocycles. The summed E-state index contributed by atoms with van der Waals surface area (Å²) in [7, 11) is 1.94. The SMILES string of the molecule is C=C(c1ccc(C2CCCC2)cc1/C=C\NC)c1cc(C)cc(C)c1C. The minimum Gasteiger partial charge on any atom is -0.394 e. The van der Waals surface area contributed by atoms with Crippen molar-refractivity contribution in [3.63, 3.8) is 0 Å². The molecule has 1 N–H and O–H groups in total. The van der Waals surface area contributed by atoms with Gasteiger partial charge in [-0.1, -0.05) is 55.3 Å². The van der Waals surface area contributed by atoms with Gasteiger partial charge in [-0.25, -0.2) is 0 Å². The summed E-state index contributed by atoms with van der Waals surface area (Å²) in [6, 6.07) is 11.5. The molecule has 0 heterocycles. The van der Waals surface area contributed by atoms with E-state index in [0.29, 0.717) is 0 Å². The standard InChI is InChI=1S/C25H31N/c1-17-14-18(2)19(3)25(15-17)20(4)24-11-10-22(21-8-6-7-9-21)16-23(24)12-13-26-5/h10-16,21,26H,4,6-9H2,1-3,5H3/b13-12-. The molecule has 0 unspecified atom stereocenters. The molecular weight excluding hydrogens is 314 g/mol. The van der Waals surface area contributed by atoms with Crippen molar-refractivity contribution in [2.24, 2.45) is 0 Å². The van der Waals surface area contributed by atoms with Gasteiger partial charge < -0.3 is 5.32 Å². The van der Waals surface area contributed by atoms with Crippen LogP contribution in [0, 0.1) is 20.8 Å². The van der Waals surface area contributed by atoms with Crippen molar-refractivity contribution in [1.29, 1.82) is 0 Å². The summed E-state index contributed by atoms with van der Waals surface area (Å²) in [5, 5.41) is 3.13. The van der Waals surface area contributed by atoms with Crippen LogP contribution in [0.1, 0.15) is 70.5 Å². The highest BCUT2D eigenvalue weighted by Gasteiger charge is 2.19. The zero-order chi connectivity index (χ0) is 18.7. The molecule has 0 bridgehead atoms. The van der Waals surface area contributed by atoms with Gasteiger partial charge in [0.15, 0.2) is 0 Å². The Kier molecular flexibility index (Phi) is 5.66. The first kappa shape index (κ1) is 18.5. The van der Waals surface area contributed by atoms with Crippen LogP contribution in [0.15, 0.2) is 43.1 Å². The maximum absolute atomic E-state index is 4.48. The summed E-state index contributed by atoms with van der Waals surface area (Å²) < 4.78 is 0. The van der Waals surface area contributed by atoms with Crippen LogP contribution in [0.25, 0.3) is 11.6 Å². The van der Waals surface area contributed by atoms with Crippen LogP contribution in [0.4, 0.5) is 0 Å². The predicted molar refractivity (Wildman–Crippen MR) is 115 cm³/mol. The molecule has 1 nitrogen and oxygen atoms in total. The van der Waals surface area contributed by atoms with Crippen molar-refractivity contribution in [2.75, 3.05) is 7.05 Å². The molecule has 136 valence electrons. The Bertz CT molecular complexity index is 835. The molecule has 0 amide bonds. The molecule has 1 saturated carbocycles. The average Bonchev–Trinajstić information content (AvgIpc) is 3.17. The van der Waals surface area contributed by atoms with Gasteiger partial charge in [-0.3, -0.25) is 0 Å². The van der Waals surface area contributed by atoms with Gasteiger partial charge in [0.05, 0.1) is 0 Å². The quantitative estimate of drug-likeness (QED) is 0.650. The highest BCUT2D eigenvalue weighted by Crippen LogP contribution is 2.37. The van der Waals surface area contributed by atoms with E-state index in [1.54, 1.807) is 0 Å². The fraction of sp³-hybridized carbons (Fsp3) is 0.360. The number of rotatable bonds is 5. The summed E-state index contributed by atoms with van der Waals surface area (Å²) in [6.07, 6.45) is 9.57. The molecule has 2 aromatic carbocycles. The summed E-state index contributed by atoms with van der Waals surface area (Å²) in [5.74, 6) is 0.724. The van der Waals surface area contributed by atoms with Crippen molar-refractivity contribution in [3.8, 4) is 0 Å². The minimum atomic E-state index is 0.724. The van der Waals surface area contributed by atoms with Crippen molar-refractivity contribution in [1.82, 2.24) is 5.32 Å². The van der Waals surface area contributed by atoms with Crippen LogP contribution in [0.5, 0.6) is 0 Å². The minimum absolute atomic E-state index is 0.724. The summed E-state index contributed by atoms with van der Waals surface area (Å²) in [6.45, 7) is 11.0. The largest absolute Gasteiger partial charge is 0.394 e. The Hall–Kier alpha value is -2.28. The molecule has 0 atom stereocenters. The molecule has 1 heteroatoms. The number of nitrogens with one attached hydrogen (secondary N) is 1. The van der Waals surface area contributed by atoms with Crippen LogP contribution in [0.2, 0.25) is 0 Å². The fourth-order valence-electron chi connectivity index (χ4n) is 4.18. The summed E-state index contributed by atoms with van der Waals surface area (Å²) in [5.41, 5.74) is 10.3.